The van der Waals surface area contributed by atoms with E-state index in [1.165, 1.54) is 0 Å². The molecule has 1 aliphatic heterocycles. The molecule has 1 fully saturated rings. The van der Waals surface area contributed by atoms with Gasteiger partial charge in [0.05, 0.1) is 29.1 Å². The number of hydrogen-bond donors (Lipinski definition) is 1. The first-order valence-corrected chi connectivity index (χ1v) is 6.84. The van der Waals surface area contributed by atoms with Crippen LogP contribution in [0, 0.1) is 0 Å². The maximum atomic E-state index is 10.9. The first-order chi connectivity index (χ1) is 8.38. The van der Waals surface area contributed by atoms with Gasteiger partial charge in [-0.1, -0.05) is 18.5 Å². The fourth-order valence-electron chi connectivity index (χ4n) is 2.75. The van der Waals surface area contributed by atoms with Crippen molar-refractivity contribution in [1.82, 2.24) is 9.78 Å². The predicted molar refractivity (Wildman–Crippen MR) is 70.7 cm³/mol. The summed E-state index contributed by atoms with van der Waals surface area (Å²) in [5.41, 5.74) is -0.537. The van der Waals surface area contributed by atoms with Crippen LogP contribution in [0.15, 0.2) is 6.20 Å². The molecule has 1 N–H and O–H groups in total. The molecule has 0 aliphatic carbocycles. The number of nitrogens with zero attached hydrogens (tertiary/aromatic N) is 2. The fraction of sp³-hybridized carbons (Fsp3) is 0.769. The van der Waals surface area contributed by atoms with Crippen LogP contribution in [0.3, 0.4) is 0 Å². The van der Waals surface area contributed by atoms with E-state index in [1.54, 1.807) is 6.20 Å². The van der Waals surface area contributed by atoms with E-state index in [0.29, 0.717) is 24.5 Å². The second kappa shape index (κ2) is 4.83. The van der Waals surface area contributed by atoms with Gasteiger partial charge in [-0.2, -0.15) is 5.10 Å². The zero-order chi connectivity index (χ0) is 13.4. The van der Waals surface area contributed by atoms with E-state index in [9.17, 15) is 5.11 Å². The molecule has 0 saturated carbocycles. The van der Waals surface area contributed by atoms with E-state index >= 15 is 0 Å². The van der Waals surface area contributed by atoms with E-state index in [-0.39, 0.29) is 5.60 Å². The zero-order valence-corrected chi connectivity index (χ0v) is 12.0. The lowest BCUT2D eigenvalue weighted by Gasteiger charge is -2.41. The summed E-state index contributed by atoms with van der Waals surface area (Å²) < 4.78 is 7.49. The topological polar surface area (TPSA) is 47.3 Å². The molecule has 5 heteroatoms. The second-order valence-electron chi connectivity index (χ2n) is 5.63. The molecule has 1 aromatic rings. The van der Waals surface area contributed by atoms with Crippen LogP contribution >= 0.6 is 11.6 Å². The summed E-state index contributed by atoms with van der Waals surface area (Å²) in [6.07, 6.45) is 3.68. The van der Waals surface area contributed by atoms with Crippen LogP contribution in [-0.2, 0) is 16.9 Å². The van der Waals surface area contributed by atoms with Gasteiger partial charge in [0.25, 0.3) is 0 Å². The monoisotopic (exact) mass is 272 g/mol. The smallest absolute Gasteiger partial charge is 0.113 e. The average molecular weight is 273 g/mol. The molecule has 0 spiro atoms. The number of ether oxygens (including phenoxy) is 1. The normalized spacial score (nSPS) is 27.4. The molecule has 1 aromatic heterocycles. The third-order valence-corrected chi connectivity index (χ3v) is 3.67. The summed E-state index contributed by atoms with van der Waals surface area (Å²) in [7, 11) is 0. The summed E-state index contributed by atoms with van der Waals surface area (Å²) >= 11 is 6.21. The van der Waals surface area contributed by atoms with Crippen LogP contribution < -0.4 is 0 Å². The van der Waals surface area contributed by atoms with Crippen LogP contribution in [0.1, 0.15) is 45.7 Å². The van der Waals surface area contributed by atoms with Gasteiger partial charge in [0.2, 0.25) is 0 Å². The van der Waals surface area contributed by atoms with E-state index in [1.807, 2.05) is 18.5 Å². The molecular formula is C13H21ClN2O2. The Morgan fingerprint density at radius 2 is 2.28 bits per heavy atom. The summed E-state index contributed by atoms with van der Waals surface area (Å²) in [5, 5.41) is 15.7. The number of aromatic nitrogens is 2. The van der Waals surface area contributed by atoms with Crippen molar-refractivity contribution >= 4 is 11.6 Å². The first kappa shape index (κ1) is 13.8. The van der Waals surface area contributed by atoms with Crippen LogP contribution in [0.2, 0.25) is 5.02 Å². The van der Waals surface area contributed by atoms with E-state index < -0.39 is 5.60 Å². The first-order valence-electron chi connectivity index (χ1n) is 6.46. The second-order valence-corrected chi connectivity index (χ2v) is 6.04. The lowest BCUT2D eigenvalue weighted by Crippen LogP contribution is -2.45. The molecule has 0 radical (unpaired) electrons. The Hall–Kier alpha value is -0.580. The minimum Gasteiger partial charge on any atom is -0.383 e. The standard InChI is InChI=1S/C13H21ClN2O2/c1-4-6-16-11(10(14)8-15-16)13(17)5-7-18-12(2,3)9-13/h8,17H,4-7,9H2,1-3H3. The highest BCUT2D eigenvalue weighted by Crippen LogP contribution is 2.41. The SMILES string of the molecule is CCCn1ncc(Cl)c1C1(O)CCOC(C)(C)C1. The van der Waals surface area contributed by atoms with Crippen molar-refractivity contribution in [3.63, 3.8) is 0 Å². The molecule has 0 amide bonds. The minimum atomic E-state index is -0.940. The highest BCUT2D eigenvalue weighted by molar-refractivity contribution is 6.31. The van der Waals surface area contributed by atoms with Gasteiger partial charge in [-0.15, -0.1) is 0 Å². The molecule has 0 bridgehead atoms. The lowest BCUT2D eigenvalue weighted by atomic mass is 9.82. The zero-order valence-electron chi connectivity index (χ0n) is 11.2. The highest BCUT2D eigenvalue weighted by atomic mass is 35.5. The van der Waals surface area contributed by atoms with Gasteiger partial charge in [0, 0.05) is 19.4 Å². The van der Waals surface area contributed by atoms with Crippen LogP contribution in [0.25, 0.3) is 0 Å². The Balaban J connectivity index is 2.37. The Morgan fingerprint density at radius 1 is 1.56 bits per heavy atom. The number of rotatable bonds is 3. The maximum Gasteiger partial charge on any atom is 0.113 e. The van der Waals surface area contributed by atoms with Crippen LogP contribution in [-0.4, -0.2) is 27.1 Å². The van der Waals surface area contributed by atoms with E-state index in [0.717, 1.165) is 18.7 Å². The van der Waals surface area contributed by atoms with Gasteiger partial charge in [0.15, 0.2) is 0 Å². The van der Waals surface area contributed by atoms with Crippen molar-refractivity contribution in [3.05, 3.63) is 16.9 Å². The van der Waals surface area contributed by atoms with Crippen molar-refractivity contribution in [3.8, 4) is 0 Å². The number of aliphatic hydroxyl groups is 1. The van der Waals surface area contributed by atoms with Crippen molar-refractivity contribution in [2.24, 2.45) is 0 Å². The third-order valence-electron chi connectivity index (χ3n) is 3.40. The van der Waals surface area contributed by atoms with Crippen LogP contribution in [0.4, 0.5) is 0 Å². The van der Waals surface area contributed by atoms with Gasteiger partial charge in [0.1, 0.15) is 5.60 Å². The Labute approximate surface area is 113 Å². The third kappa shape index (κ3) is 2.56. The van der Waals surface area contributed by atoms with Crippen molar-refractivity contribution in [2.75, 3.05) is 6.61 Å². The molecule has 2 rings (SSSR count). The molecule has 18 heavy (non-hydrogen) atoms. The van der Waals surface area contributed by atoms with Gasteiger partial charge in [-0.3, -0.25) is 4.68 Å². The van der Waals surface area contributed by atoms with Gasteiger partial charge >= 0.3 is 0 Å². The summed E-state index contributed by atoms with van der Waals surface area (Å²) in [5.74, 6) is 0. The molecule has 1 atom stereocenters. The van der Waals surface area contributed by atoms with Crippen molar-refractivity contribution in [2.45, 2.75) is 57.8 Å². The molecule has 1 saturated heterocycles. The van der Waals surface area contributed by atoms with E-state index in [4.69, 9.17) is 16.3 Å². The Morgan fingerprint density at radius 3 is 2.89 bits per heavy atom. The quantitative estimate of drug-likeness (QED) is 0.920. The summed E-state index contributed by atoms with van der Waals surface area (Å²) in [6, 6.07) is 0. The van der Waals surface area contributed by atoms with Gasteiger partial charge < -0.3 is 9.84 Å². The largest absolute Gasteiger partial charge is 0.383 e. The maximum absolute atomic E-state index is 10.9. The summed E-state index contributed by atoms with van der Waals surface area (Å²) in [6.45, 7) is 7.37. The molecule has 1 aliphatic rings. The molecule has 0 aromatic carbocycles. The van der Waals surface area contributed by atoms with Gasteiger partial charge in [-0.05, 0) is 20.3 Å². The summed E-state index contributed by atoms with van der Waals surface area (Å²) in [4.78, 5) is 0. The minimum absolute atomic E-state index is 0.336. The van der Waals surface area contributed by atoms with E-state index in [2.05, 4.69) is 12.0 Å². The number of aryl methyl sites for hydroxylation is 1. The van der Waals surface area contributed by atoms with Crippen LogP contribution in [0.5, 0.6) is 0 Å². The number of halogens is 1. The highest BCUT2D eigenvalue weighted by Gasteiger charge is 2.43. The molecular weight excluding hydrogens is 252 g/mol. The fourth-order valence-corrected chi connectivity index (χ4v) is 3.07. The molecule has 102 valence electrons. The molecule has 2 heterocycles. The van der Waals surface area contributed by atoms with Gasteiger partial charge in [-0.25, -0.2) is 0 Å². The van der Waals surface area contributed by atoms with Crippen molar-refractivity contribution in [1.29, 1.82) is 0 Å². The lowest BCUT2D eigenvalue weighted by molar-refractivity contribution is -0.151. The Kier molecular flexibility index (Phi) is 3.72. The predicted octanol–water partition coefficient (Wildman–Crippen LogP) is 2.72. The number of hydrogen-bond acceptors (Lipinski definition) is 3. The molecule has 1 unspecified atom stereocenters. The Bertz CT molecular complexity index is 431. The average Bonchev–Trinajstić information content (AvgIpc) is 2.59. The van der Waals surface area contributed by atoms with Crippen molar-refractivity contribution < 1.29 is 9.84 Å². The molecule has 4 nitrogen and oxygen atoms in total.